The summed E-state index contributed by atoms with van der Waals surface area (Å²) in [4.78, 5) is 32.8. The van der Waals surface area contributed by atoms with Gasteiger partial charge in [0.25, 0.3) is 0 Å². The van der Waals surface area contributed by atoms with E-state index in [-0.39, 0.29) is 17.9 Å². The van der Waals surface area contributed by atoms with Gasteiger partial charge in [0.05, 0.1) is 41.6 Å². The lowest BCUT2D eigenvalue weighted by molar-refractivity contribution is 0.0218. The van der Waals surface area contributed by atoms with Gasteiger partial charge >= 0.3 is 6.09 Å². The van der Waals surface area contributed by atoms with E-state index in [1.54, 1.807) is 11.1 Å². The Hall–Kier alpha value is -4.31. The number of anilines is 1. The number of amides is 1. The largest absolute Gasteiger partial charge is 0.505 e. The Morgan fingerprint density at radius 1 is 0.905 bits per heavy atom. The highest BCUT2D eigenvalue weighted by Crippen LogP contribution is 2.41. The second-order valence-electron chi connectivity index (χ2n) is 12.3. The van der Waals surface area contributed by atoms with Gasteiger partial charge in [0, 0.05) is 17.7 Å². The first kappa shape index (κ1) is 27.8. The maximum absolute atomic E-state index is 12.8. The number of nitrogens with one attached hydrogen (secondary N) is 2. The van der Waals surface area contributed by atoms with Crippen LogP contribution >= 0.6 is 0 Å². The van der Waals surface area contributed by atoms with Crippen molar-refractivity contribution in [1.29, 1.82) is 0 Å². The predicted molar refractivity (Wildman–Crippen MR) is 163 cm³/mol. The van der Waals surface area contributed by atoms with Crippen LogP contribution in [-0.2, 0) is 4.74 Å². The van der Waals surface area contributed by atoms with Gasteiger partial charge in [0.2, 0.25) is 0 Å². The lowest BCUT2D eigenvalue weighted by atomic mass is 9.98. The molecule has 0 aliphatic carbocycles. The van der Waals surface area contributed by atoms with E-state index < -0.39 is 5.60 Å². The number of H-pyrrole nitrogens is 2. The van der Waals surface area contributed by atoms with E-state index in [4.69, 9.17) is 10.5 Å². The number of imidazole rings is 2. The summed E-state index contributed by atoms with van der Waals surface area (Å²) in [6.45, 7) is 7.28. The monoisotopic (exact) mass is 569 g/mol. The summed E-state index contributed by atoms with van der Waals surface area (Å²) < 4.78 is 5.60. The second kappa shape index (κ2) is 10.8. The van der Waals surface area contributed by atoms with Crippen molar-refractivity contribution in [2.45, 2.75) is 64.1 Å². The first-order valence-corrected chi connectivity index (χ1v) is 14.6. The maximum atomic E-state index is 12.8. The number of nitrogens with zero attached hydrogens (tertiary/aromatic N) is 4. The van der Waals surface area contributed by atoms with Gasteiger partial charge in [0.15, 0.2) is 0 Å². The molecule has 2 unspecified atom stereocenters. The number of hydrogen-bond acceptors (Lipinski definition) is 7. The van der Waals surface area contributed by atoms with Gasteiger partial charge in [-0.1, -0.05) is 30.3 Å². The number of phenolic OH excluding ortho intramolecular Hbond substituents is 1. The molecule has 2 fully saturated rings. The number of benzene rings is 2. The first-order chi connectivity index (χ1) is 20.1. The number of hydrogen-bond donors (Lipinski definition) is 4. The molecule has 2 aliphatic rings. The Morgan fingerprint density at radius 2 is 1.50 bits per heavy atom. The fourth-order valence-electron chi connectivity index (χ4n) is 6.05. The lowest BCUT2D eigenvalue weighted by Gasteiger charge is -2.27. The van der Waals surface area contributed by atoms with Crippen LogP contribution in [0.5, 0.6) is 5.75 Å². The van der Waals surface area contributed by atoms with Crippen LogP contribution in [0.2, 0.25) is 0 Å². The molecule has 10 heteroatoms. The molecule has 220 valence electrons. The number of likely N-dealkylation sites (tertiary alicyclic amines) is 2. The maximum Gasteiger partial charge on any atom is 0.410 e. The Balaban J connectivity index is 1.20. The highest BCUT2D eigenvalue weighted by atomic mass is 16.6. The number of phenols is 1. The molecule has 2 saturated heterocycles. The van der Waals surface area contributed by atoms with Crippen molar-refractivity contribution in [3.63, 3.8) is 0 Å². The number of aromatic nitrogens is 4. The van der Waals surface area contributed by atoms with Crippen LogP contribution in [0.25, 0.3) is 33.6 Å². The molecule has 42 heavy (non-hydrogen) atoms. The molecule has 6 rings (SSSR count). The smallest absolute Gasteiger partial charge is 0.410 e. The zero-order chi connectivity index (χ0) is 29.6. The number of ether oxygens (including phenoxy) is 1. The number of carbonyl (C=O) groups excluding carboxylic acids is 1. The van der Waals surface area contributed by atoms with Gasteiger partial charge in [-0.05, 0) is 77.2 Å². The standard InChI is InChI=1S/C32H39N7O3/c1-32(2,3)42-31(41)39-16-6-8-26(39)30-35-18-24(37-30)22-14-13-21(27(33)28(22)40)19-9-11-20(12-10-19)23-17-34-29(36-23)25-7-5-15-38(25)4/h9-14,17-18,25-26,40H,5-8,15-16,33H2,1-4H3,(H,34,36)(H,35,37). The first-order valence-electron chi connectivity index (χ1n) is 14.6. The summed E-state index contributed by atoms with van der Waals surface area (Å²) in [7, 11) is 2.14. The quantitative estimate of drug-likeness (QED) is 0.164. The number of aromatic hydroxyl groups is 1. The summed E-state index contributed by atoms with van der Waals surface area (Å²) in [5, 5.41) is 11.1. The van der Waals surface area contributed by atoms with E-state index in [2.05, 4.69) is 31.9 Å². The molecule has 2 aliphatic heterocycles. The Labute approximate surface area is 245 Å². The van der Waals surface area contributed by atoms with E-state index in [1.165, 1.54) is 6.42 Å². The third kappa shape index (κ3) is 5.34. The molecule has 4 heterocycles. The van der Waals surface area contributed by atoms with Crippen LogP contribution < -0.4 is 5.73 Å². The fourth-order valence-corrected chi connectivity index (χ4v) is 6.05. The third-order valence-corrected chi connectivity index (χ3v) is 8.24. The van der Waals surface area contributed by atoms with Crippen LogP contribution in [0.4, 0.5) is 10.5 Å². The number of rotatable bonds is 5. The van der Waals surface area contributed by atoms with Crippen LogP contribution in [0.3, 0.4) is 0 Å². The van der Waals surface area contributed by atoms with E-state index in [1.807, 2.05) is 63.4 Å². The normalized spacial score (nSPS) is 19.5. The van der Waals surface area contributed by atoms with Crippen molar-refractivity contribution in [3.05, 3.63) is 60.4 Å². The minimum Gasteiger partial charge on any atom is -0.505 e. The van der Waals surface area contributed by atoms with Crippen molar-refractivity contribution in [3.8, 4) is 39.4 Å². The third-order valence-electron chi connectivity index (χ3n) is 8.24. The van der Waals surface area contributed by atoms with E-state index >= 15 is 0 Å². The van der Waals surface area contributed by atoms with E-state index in [0.717, 1.165) is 54.0 Å². The fraction of sp³-hybridized carbons (Fsp3) is 0.406. The summed E-state index contributed by atoms with van der Waals surface area (Å²) in [6.07, 6.45) is 7.17. The van der Waals surface area contributed by atoms with Crippen molar-refractivity contribution >= 4 is 11.8 Å². The molecular formula is C32H39N7O3. The van der Waals surface area contributed by atoms with Crippen molar-refractivity contribution < 1.29 is 14.6 Å². The Kier molecular flexibility index (Phi) is 7.18. The summed E-state index contributed by atoms with van der Waals surface area (Å²) in [5.41, 5.74) is 11.0. The van der Waals surface area contributed by atoms with Crippen LogP contribution in [0, 0.1) is 0 Å². The molecule has 2 aromatic heterocycles. The molecule has 0 spiro atoms. The predicted octanol–water partition coefficient (Wildman–Crippen LogP) is 6.26. The van der Waals surface area contributed by atoms with Crippen LogP contribution in [-0.4, -0.2) is 66.7 Å². The van der Waals surface area contributed by atoms with Gasteiger partial charge in [-0.2, -0.15) is 0 Å². The lowest BCUT2D eigenvalue weighted by Crippen LogP contribution is -2.36. The molecule has 1 amide bonds. The van der Waals surface area contributed by atoms with Gasteiger partial charge < -0.3 is 25.5 Å². The molecule has 10 nitrogen and oxygen atoms in total. The van der Waals surface area contributed by atoms with Gasteiger partial charge in [0.1, 0.15) is 23.0 Å². The summed E-state index contributed by atoms with van der Waals surface area (Å²) in [5.74, 6) is 1.65. The van der Waals surface area contributed by atoms with Crippen molar-refractivity contribution in [1.82, 2.24) is 29.7 Å². The number of nitrogen functional groups attached to an aromatic ring is 1. The number of carbonyl (C=O) groups is 1. The molecule has 4 aromatic rings. The number of nitrogens with two attached hydrogens (primary N) is 1. The van der Waals surface area contributed by atoms with E-state index in [9.17, 15) is 9.90 Å². The van der Waals surface area contributed by atoms with Crippen LogP contribution in [0.15, 0.2) is 48.8 Å². The Morgan fingerprint density at radius 3 is 2.19 bits per heavy atom. The summed E-state index contributed by atoms with van der Waals surface area (Å²) in [6, 6.07) is 12.0. The molecule has 0 bridgehead atoms. The van der Waals surface area contributed by atoms with Crippen molar-refractivity contribution in [2.24, 2.45) is 0 Å². The van der Waals surface area contributed by atoms with Crippen LogP contribution in [0.1, 0.15) is 70.2 Å². The zero-order valence-electron chi connectivity index (χ0n) is 24.6. The SMILES string of the molecule is CN1CCCC1c1ncc(-c2ccc(-c3ccc(-c4cnc(C5CCCN5C(=O)OC(C)(C)C)[nH]4)c(O)c3N)cc2)[nH]1. The van der Waals surface area contributed by atoms with Gasteiger partial charge in [-0.15, -0.1) is 0 Å². The minimum absolute atomic E-state index is 0.0129. The number of aromatic amines is 2. The second-order valence-corrected chi connectivity index (χ2v) is 12.3. The summed E-state index contributed by atoms with van der Waals surface area (Å²) >= 11 is 0. The minimum atomic E-state index is -0.571. The average molecular weight is 570 g/mol. The van der Waals surface area contributed by atoms with Crippen molar-refractivity contribution in [2.75, 3.05) is 25.9 Å². The van der Waals surface area contributed by atoms with E-state index in [0.29, 0.717) is 35.4 Å². The zero-order valence-corrected chi connectivity index (χ0v) is 24.6. The molecule has 2 atom stereocenters. The Bertz CT molecular complexity index is 1580. The molecule has 0 radical (unpaired) electrons. The molecular weight excluding hydrogens is 530 g/mol. The van der Waals surface area contributed by atoms with Gasteiger partial charge in [-0.25, -0.2) is 14.8 Å². The topological polar surface area (TPSA) is 136 Å². The molecule has 0 saturated carbocycles. The molecule has 5 N–H and O–H groups in total. The molecule has 2 aromatic carbocycles. The highest BCUT2D eigenvalue weighted by Gasteiger charge is 2.35. The van der Waals surface area contributed by atoms with Gasteiger partial charge in [-0.3, -0.25) is 9.80 Å². The average Bonchev–Trinajstić information content (AvgIpc) is 3.76. The highest BCUT2D eigenvalue weighted by molar-refractivity contribution is 5.87.